The highest BCUT2D eigenvalue weighted by atomic mass is 19.1. The lowest BCUT2D eigenvalue weighted by Gasteiger charge is -2.02. The molecule has 0 amide bonds. The van der Waals surface area contributed by atoms with Gasteiger partial charge in [-0.3, -0.25) is 0 Å². The standard InChI is InChI=1S/C9H6FN3O2/c10-8-2-1-6(3-7(8)9(14)15)13-5-11-4-12-13/h1-5H,(H,14,15). The van der Waals surface area contributed by atoms with E-state index in [2.05, 4.69) is 10.1 Å². The van der Waals surface area contributed by atoms with Crippen molar-refractivity contribution in [3.05, 3.63) is 42.2 Å². The zero-order chi connectivity index (χ0) is 10.8. The van der Waals surface area contributed by atoms with Gasteiger partial charge in [0.2, 0.25) is 0 Å². The molecule has 6 heteroatoms. The van der Waals surface area contributed by atoms with Crippen molar-refractivity contribution >= 4 is 5.97 Å². The minimum atomic E-state index is -1.31. The van der Waals surface area contributed by atoms with E-state index in [1.54, 1.807) is 0 Å². The lowest BCUT2D eigenvalue weighted by atomic mass is 10.2. The SMILES string of the molecule is O=C(O)c1cc(-n2cncn2)ccc1F. The minimum absolute atomic E-state index is 0.386. The Morgan fingerprint density at radius 1 is 1.47 bits per heavy atom. The quantitative estimate of drug-likeness (QED) is 0.800. The Labute approximate surface area is 83.8 Å². The first kappa shape index (κ1) is 9.32. The highest BCUT2D eigenvalue weighted by molar-refractivity contribution is 5.88. The number of carboxylic acid groups (broad SMARTS) is 1. The van der Waals surface area contributed by atoms with Crippen molar-refractivity contribution in [3.63, 3.8) is 0 Å². The molecule has 76 valence electrons. The second-order valence-electron chi connectivity index (χ2n) is 2.81. The van der Waals surface area contributed by atoms with Crippen LogP contribution in [-0.4, -0.2) is 25.8 Å². The smallest absolute Gasteiger partial charge is 0.338 e. The number of carbonyl (C=O) groups is 1. The van der Waals surface area contributed by atoms with Crippen LogP contribution >= 0.6 is 0 Å². The first-order valence-corrected chi connectivity index (χ1v) is 4.06. The molecule has 0 saturated carbocycles. The summed E-state index contributed by atoms with van der Waals surface area (Å²) in [6, 6.07) is 3.71. The van der Waals surface area contributed by atoms with Crippen LogP contribution in [0.5, 0.6) is 0 Å². The molecule has 0 atom stereocenters. The number of hydrogen-bond acceptors (Lipinski definition) is 3. The Morgan fingerprint density at radius 3 is 2.87 bits per heavy atom. The van der Waals surface area contributed by atoms with E-state index in [1.807, 2.05) is 0 Å². The van der Waals surface area contributed by atoms with E-state index in [-0.39, 0.29) is 5.56 Å². The summed E-state index contributed by atoms with van der Waals surface area (Å²) in [5.41, 5.74) is 0.0642. The summed E-state index contributed by atoms with van der Waals surface area (Å²) in [5.74, 6) is -2.08. The molecule has 1 aromatic heterocycles. The maximum Gasteiger partial charge on any atom is 0.338 e. The number of carboxylic acids is 1. The Hall–Kier alpha value is -2.24. The number of aromatic nitrogens is 3. The lowest BCUT2D eigenvalue weighted by molar-refractivity contribution is 0.0692. The number of nitrogens with zero attached hydrogens (tertiary/aromatic N) is 3. The van der Waals surface area contributed by atoms with Gasteiger partial charge in [0, 0.05) is 0 Å². The highest BCUT2D eigenvalue weighted by Gasteiger charge is 2.11. The van der Waals surface area contributed by atoms with Crippen LogP contribution in [0.2, 0.25) is 0 Å². The lowest BCUT2D eigenvalue weighted by Crippen LogP contribution is -2.03. The van der Waals surface area contributed by atoms with Crippen LogP contribution in [-0.2, 0) is 0 Å². The van der Waals surface area contributed by atoms with Crippen molar-refractivity contribution in [2.45, 2.75) is 0 Å². The van der Waals surface area contributed by atoms with Gasteiger partial charge in [-0.15, -0.1) is 0 Å². The molecule has 0 spiro atoms. The maximum absolute atomic E-state index is 13.0. The van der Waals surface area contributed by atoms with Gasteiger partial charge in [0.15, 0.2) is 0 Å². The summed E-state index contributed by atoms with van der Waals surface area (Å²) in [7, 11) is 0. The summed E-state index contributed by atoms with van der Waals surface area (Å²) in [6.07, 6.45) is 2.71. The van der Waals surface area contributed by atoms with Crippen LogP contribution in [0.3, 0.4) is 0 Å². The molecule has 0 aliphatic carbocycles. The third-order valence-electron chi connectivity index (χ3n) is 1.86. The molecule has 0 radical (unpaired) electrons. The largest absolute Gasteiger partial charge is 0.478 e. The van der Waals surface area contributed by atoms with Gasteiger partial charge >= 0.3 is 5.97 Å². The molecule has 15 heavy (non-hydrogen) atoms. The van der Waals surface area contributed by atoms with Crippen molar-refractivity contribution < 1.29 is 14.3 Å². The molecule has 2 rings (SSSR count). The van der Waals surface area contributed by atoms with Gasteiger partial charge in [0.05, 0.1) is 11.3 Å². The fourth-order valence-corrected chi connectivity index (χ4v) is 1.16. The van der Waals surface area contributed by atoms with E-state index >= 15 is 0 Å². The second-order valence-corrected chi connectivity index (χ2v) is 2.81. The van der Waals surface area contributed by atoms with Gasteiger partial charge < -0.3 is 5.11 Å². The fraction of sp³-hybridized carbons (Fsp3) is 0. The van der Waals surface area contributed by atoms with Crippen LogP contribution in [0.4, 0.5) is 4.39 Å². The molecule has 5 nitrogen and oxygen atoms in total. The molecular weight excluding hydrogens is 201 g/mol. The van der Waals surface area contributed by atoms with E-state index in [0.717, 1.165) is 6.07 Å². The van der Waals surface area contributed by atoms with Crippen LogP contribution in [0.15, 0.2) is 30.9 Å². The maximum atomic E-state index is 13.0. The van der Waals surface area contributed by atoms with Gasteiger partial charge in [-0.2, -0.15) is 5.10 Å². The van der Waals surface area contributed by atoms with E-state index in [4.69, 9.17) is 5.11 Å². The molecule has 0 saturated heterocycles. The zero-order valence-electron chi connectivity index (χ0n) is 7.46. The Kier molecular flexibility index (Phi) is 2.17. The minimum Gasteiger partial charge on any atom is -0.478 e. The molecule has 0 bridgehead atoms. The number of benzene rings is 1. The number of rotatable bonds is 2. The Bertz CT molecular complexity index is 496. The van der Waals surface area contributed by atoms with Crippen LogP contribution in [0.1, 0.15) is 10.4 Å². The van der Waals surface area contributed by atoms with Gasteiger partial charge in [-0.25, -0.2) is 18.9 Å². The molecule has 0 aliphatic rings. The molecule has 0 fully saturated rings. The molecule has 0 aliphatic heterocycles. The predicted octanol–water partition coefficient (Wildman–Crippen LogP) is 1.10. The summed E-state index contributed by atoms with van der Waals surface area (Å²) in [4.78, 5) is 14.4. The first-order valence-electron chi connectivity index (χ1n) is 4.06. The summed E-state index contributed by atoms with van der Waals surface area (Å²) in [6.45, 7) is 0. The molecule has 1 N–H and O–H groups in total. The van der Waals surface area contributed by atoms with Gasteiger partial charge in [0.25, 0.3) is 0 Å². The summed E-state index contributed by atoms with van der Waals surface area (Å²) < 4.78 is 14.4. The molecule has 0 unspecified atom stereocenters. The zero-order valence-corrected chi connectivity index (χ0v) is 7.46. The second kappa shape index (κ2) is 3.49. The normalized spacial score (nSPS) is 10.2. The molecule has 1 aromatic carbocycles. The monoisotopic (exact) mass is 207 g/mol. The Morgan fingerprint density at radius 2 is 2.27 bits per heavy atom. The number of halogens is 1. The van der Waals surface area contributed by atoms with Crippen molar-refractivity contribution in [3.8, 4) is 5.69 Å². The van der Waals surface area contributed by atoms with E-state index in [0.29, 0.717) is 5.69 Å². The topological polar surface area (TPSA) is 68.0 Å². The summed E-state index contributed by atoms with van der Waals surface area (Å²) in [5, 5.41) is 12.5. The third kappa shape index (κ3) is 1.69. The van der Waals surface area contributed by atoms with Gasteiger partial charge in [-0.1, -0.05) is 0 Å². The van der Waals surface area contributed by atoms with Gasteiger partial charge in [0.1, 0.15) is 18.5 Å². The van der Waals surface area contributed by atoms with E-state index in [1.165, 1.54) is 29.5 Å². The molecule has 1 heterocycles. The van der Waals surface area contributed by atoms with Crippen molar-refractivity contribution in [2.75, 3.05) is 0 Å². The van der Waals surface area contributed by atoms with Crippen molar-refractivity contribution in [2.24, 2.45) is 0 Å². The number of aromatic carboxylic acids is 1. The fourth-order valence-electron chi connectivity index (χ4n) is 1.16. The third-order valence-corrected chi connectivity index (χ3v) is 1.86. The average Bonchev–Trinajstić information content (AvgIpc) is 2.71. The molecular formula is C9H6FN3O2. The predicted molar refractivity (Wildman–Crippen MR) is 48.3 cm³/mol. The van der Waals surface area contributed by atoms with E-state index < -0.39 is 11.8 Å². The van der Waals surface area contributed by atoms with Crippen LogP contribution in [0.25, 0.3) is 5.69 Å². The summed E-state index contributed by atoms with van der Waals surface area (Å²) >= 11 is 0. The average molecular weight is 207 g/mol. The van der Waals surface area contributed by atoms with Gasteiger partial charge in [-0.05, 0) is 18.2 Å². The highest BCUT2D eigenvalue weighted by Crippen LogP contribution is 2.13. The van der Waals surface area contributed by atoms with Crippen LogP contribution < -0.4 is 0 Å². The Balaban J connectivity index is 2.52. The van der Waals surface area contributed by atoms with E-state index in [9.17, 15) is 9.18 Å². The van der Waals surface area contributed by atoms with Crippen molar-refractivity contribution in [1.29, 1.82) is 0 Å². The van der Waals surface area contributed by atoms with Crippen molar-refractivity contribution in [1.82, 2.24) is 14.8 Å². The number of hydrogen-bond donors (Lipinski definition) is 1. The molecule has 2 aromatic rings. The first-order chi connectivity index (χ1) is 7.18. The van der Waals surface area contributed by atoms with Crippen LogP contribution in [0, 0.1) is 5.82 Å².